The van der Waals surface area contributed by atoms with E-state index in [-0.39, 0.29) is 0 Å². The van der Waals surface area contributed by atoms with Gasteiger partial charge in [-0.15, -0.1) is 11.8 Å². The molecule has 1 fully saturated rings. The van der Waals surface area contributed by atoms with Crippen molar-refractivity contribution in [3.63, 3.8) is 0 Å². The Hall–Kier alpha value is -0.770. The van der Waals surface area contributed by atoms with E-state index in [0.717, 1.165) is 12.0 Å². The summed E-state index contributed by atoms with van der Waals surface area (Å²) in [6, 6.07) is 10.1. The maximum Gasteiger partial charge on any atom is 0.0108 e. The molecule has 2 aromatic rings. The van der Waals surface area contributed by atoms with Gasteiger partial charge in [-0.3, -0.25) is 0 Å². The Morgan fingerprint density at radius 3 is 2.95 bits per heavy atom. The van der Waals surface area contributed by atoms with Gasteiger partial charge in [-0.2, -0.15) is 11.3 Å². The van der Waals surface area contributed by atoms with Crippen molar-refractivity contribution < 1.29 is 0 Å². The lowest BCUT2D eigenvalue weighted by atomic mass is 9.91. The summed E-state index contributed by atoms with van der Waals surface area (Å²) >= 11 is 3.83. The highest BCUT2D eigenvalue weighted by molar-refractivity contribution is 7.99. The number of hydrogen-bond acceptors (Lipinski definition) is 3. The first-order valence-corrected chi connectivity index (χ1v) is 9.73. The summed E-state index contributed by atoms with van der Waals surface area (Å²) in [7, 11) is 2.29. The van der Waals surface area contributed by atoms with Crippen molar-refractivity contribution in [2.45, 2.75) is 36.1 Å². The molecule has 0 amide bonds. The fourth-order valence-electron chi connectivity index (χ4n) is 3.69. The van der Waals surface area contributed by atoms with Crippen LogP contribution >= 0.6 is 23.1 Å². The Kier molecular flexibility index (Phi) is 3.82. The number of fused-ring (bicyclic) bond motifs is 1. The molecule has 4 rings (SSSR count). The van der Waals surface area contributed by atoms with Gasteiger partial charge in [0.15, 0.2) is 0 Å². The molecule has 0 spiro atoms. The zero-order chi connectivity index (χ0) is 14.2. The van der Waals surface area contributed by atoms with Crippen LogP contribution < -0.4 is 0 Å². The number of thiophene rings is 1. The molecule has 0 N–H and O–H groups in total. The van der Waals surface area contributed by atoms with Crippen molar-refractivity contribution in [2.24, 2.45) is 0 Å². The van der Waals surface area contributed by atoms with Gasteiger partial charge in [0, 0.05) is 16.7 Å². The van der Waals surface area contributed by atoms with E-state index in [2.05, 4.69) is 58.7 Å². The number of thioether (sulfide) groups is 1. The number of rotatable bonds is 3. The molecule has 1 nitrogen and oxygen atoms in total. The number of likely N-dealkylation sites (tertiary alicyclic amines) is 1. The Morgan fingerprint density at radius 2 is 2.19 bits per heavy atom. The van der Waals surface area contributed by atoms with E-state index in [1.54, 1.807) is 16.9 Å². The monoisotopic (exact) mass is 315 g/mol. The fourth-order valence-corrected chi connectivity index (χ4v) is 5.61. The molecule has 2 aliphatic rings. The number of benzene rings is 1. The molecular weight excluding hydrogens is 294 g/mol. The third kappa shape index (κ3) is 2.67. The quantitative estimate of drug-likeness (QED) is 0.776. The minimum Gasteiger partial charge on any atom is -0.303 e. The highest BCUT2D eigenvalue weighted by atomic mass is 32.2. The molecule has 0 saturated carbocycles. The normalized spacial score (nSPS) is 25.4. The zero-order valence-corrected chi connectivity index (χ0v) is 14.1. The van der Waals surface area contributed by atoms with E-state index in [1.165, 1.54) is 47.6 Å². The van der Waals surface area contributed by atoms with E-state index in [1.807, 2.05) is 0 Å². The minimum absolute atomic E-state index is 0.745. The van der Waals surface area contributed by atoms with Crippen LogP contribution in [0.15, 0.2) is 39.9 Å². The number of hydrogen-bond donors (Lipinski definition) is 0. The predicted molar refractivity (Wildman–Crippen MR) is 93.5 cm³/mol. The number of nitrogens with zero attached hydrogens (tertiary/aromatic N) is 1. The van der Waals surface area contributed by atoms with Crippen LogP contribution in [0.5, 0.6) is 0 Å². The van der Waals surface area contributed by atoms with E-state index in [0.29, 0.717) is 0 Å². The third-order valence-electron chi connectivity index (χ3n) is 4.97. The molecule has 0 bridgehead atoms. The van der Waals surface area contributed by atoms with E-state index in [9.17, 15) is 0 Å². The van der Waals surface area contributed by atoms with Crippen LogP contribution in [0.4, 0.5) is 0 Å². The van der Waals surface area contributed by atoms with Crippen molar-refractivity contribution in [3.8, 4) is 11.1 Å². The highest BCUT2D eigenvalue weighted by Crippen LogP contribution is 2.44. The van der Waals surface area contributed by atoms with Gasteiger partial charge in [0.1, 0.15) is 0 Å². The second-order valence-electron chi connectivity index (χ2n) is 6.28. The topological polar surface area (TPSA) is 3.24 Å². The average Bonchev–Trinajstić information content (AvgIpc) is 3.22. The second kappa shape index (κ2) is 5.79. The molecule has 1 aromatic heterocycles. The molecule has 2 aliphatic heterocycles. The van der Waals surface area contributed by atoms with Crippen LogP contribution in [0.2, 0.25) is 0 Å². The zero-order valence-electron chi connectivity index (χ0n) is 12.4. The maximum absolute atomic E-state index is 2.56. The molecule has 0 unspecified atom stereocenters. The SMILES string of the molecule is CN1CCC[C@@H]1C[C@H]1CSc2ccc(-c3ccsc3)cc21. The largest absolute Gasteiger partial charge is 0.303 e. The van der Waals surface area contributed by atoms with Crippen LogP contribution in [0.25, 0.3) is 11.1 Å². The summed E-state index contributed by atoms with van der Waals surface area (Å²) in [5.74, 6) is 2.02. The Labute approximate surface area is 135 Å². The molecule has 1 aromatic carbocycles. The van der Waals surface area contributed by atoms with Gasteiger partial charge in [-0.1, -0.05) is 6.07 Å². The summed E-state index contributed by atoms with van der Waals surface area (Å²) < 4.78 is 0. The van der Waals surface area contributed by atoms with Crippen LogP contribution in [0, 0.1) is 0 Å². The molecule has 21 heavy (non-hydrogen) atoms. The van der Waals surface area contributed by atoms with Gasteiger partial charge in [-0.25, -0.2) is 0 Å². The molecule has 3 heterocycles. The van der Waals surface area contributed by atoms with Gasteiger partial charge in [-0.05, 0) is 84.4 Å². The van der Waals surface area contributed by atoms with Crippen LogP contribution in [-0.2, 0) is 0 Å². The molecular formula is C18H21NS2. The maximum atomic E-state index is 2.56. The standard InChI is InChI=1S/C18H21NS2/c1-19-7-2-3-16(19)9-15-12-21-18-5-4-13(10-17(15)18)14-6-8-20-11-14/h4-6,8,10-11,15-16H,2-3,7,9,12H2,1H3/t15-,16+/m0/s1. The van der Waals surface area contributed by atoms with Crippen molar-refractivity contribution in [3.05, 3.63) is 40.6 Å². The summed E-state index contributed by atoms with van der Waals surface area (Å²) in [5.41, 5.74) is 4.36. The third-order valence-corrected chi connectivity index (χ3v) is 6.91. The fraction of sp³-hybridized carbons (Fsp3) is 0.444. The second-order valence-corrected chi connectivity index (χ2v) is 8.13. The van der Waals surface area contributed by atoms with Crippen molar-refractivity contribution in [1.82, 2.24) is 4.90 Å². The summed E-state index contributed by atoms with van der Waals surface area (Å²) in [6.07, 6.45) is 4.10. The molecule has 110 valence electrons. The van der Waals surface area contributed by atoms with Gasteiger partial charge in [0.2, 0.25) is 0 Å². The Bertz CT molecular complexity index is 620. The first kappa shape index (κ1) is 13.9. The summed E-state index contributed by atoms with van der Waals surface area (Å²) in [4.78, 5) is 4.07. The lowest BCUT2D eigenvalue weighted by Gasteiger charge is -2.23. The smallest absolute Gasteiger partial charge is 0.0108 e. The highest BCUT2D eigenvalue weighted by Gasteiger charge is 2.29. The lowest BCUT2D eigenvalue weighted by Crippen LogP contribution is -2.26. The van der Waals surface area contributed by atoms with E-state index in [4.69, 9.17) is 0 Å². The van der Waals surface area contributed by atoms with Gasteiger partial charge in [0.25, 0.3) is 0 Å². The van der Waals surface area contributed by atoms with Crippen LogP contribution in [0.1, 0.15) is 30.7 Å². The Balaban J connectivity index is 1.59. The van der Waals surface area contributed by atoms with Gasteiger partial charge in [0.05, 0.1) is 0 Å². The van der Waals surface area contributed by atoms with E-state index < -0.39 is 0 Å². The Morgan fingerprint density at radius 1 is 1.24 bits per heavy atom. The molecule has 2 atom stereocenters. The van der Waals surface area contributed by atoms with Crippen molar-refractivity contribution in [2.75, 3.05) is 19.3 Å². The average molecular weight is 316 g/mol. The summed E-state index contributed by atoms with van der Waals surface area (Å²) in [6.45, 7) is 1.28. The summed E-state index contributed by atoms with van der Waals surface area (Å²) in [5, 5.41) is 4.42. The van der Waals surface area contributed by atoms with Crippen molar-refractivity contribution >= 4 is 23.1 Å². The minimum atomic E-state index is 0.745. The first-order valence-electron chi connectivity index (χ1n) is 7.81. The molecule has 0 radical (unpaired) electrons. The molecule has 1 saturated heterocycles. The predicted octanol–water partition coefficient (Wildman–Crippen LogP) is 5.09. The lowest BCUT2D eigenvalue weighted by molar-refractivity contribution is 0.286. The van der Waals surface area contributed by atoms with E-state index >= 15 is 0 Å². The molecule has 0 aliphatic carbocycles. The molecule has 3 heteroatoms. The van der Waals surface area contributed by atoms with Gasteiger partial charge < -0.3 is 4.90 Å². The van der Waals surface area contributed by atoms with Crippen LogP contribution in [-0.4, -0.2) is 30.3 Å². The van der Waals surface area contributed by atoms with Crippen LogP contribution in [0.3, 0.4) is 0 Å². The van der Waals surface area contributed by atoms with Crippen molar-refractivity contribution in [1.29, 1.82) is 0 Å². The first-order chi connectivity index (χ1) is 10.3. The van der Waals surface area contributed by atoms with Gasteiger partial charge >= 0.3 is 0 Å².